The van der Waals surface area contributed by atoms with E-state index in [2.05, 4.69) is 34.9 Å². The molecule has 4 rings (SSSR count). The van der Waals surface area contributed by atoms with Crippen molar-refractivity contribution in [2.45, 2.75) is 31.8 Å². The van der Waals surface area contributed by atoms with Crippen molar-refractivity contribution >= 4 is 15.9 Å². The van der Waals surface area contributed by atoms with Crippen LogP contribution in [0.5, 0.6) is 0 Å². The van der Waals surface area contributed by atoms with E-state index in [0.29, 0.717) is 29.4 Å². The van der Waals surface area contributed by atoms with E-state index >= 15 is 0 Å². The Labute approximate surface area is 168 Å². The van der Waals surface area contributed by atoms with Gasteiger partial charge in [-0.05, 0) is 36.8 Å². The minimum atomic E-state index is -2.84. The van der Waals surface area contributed by atoms with Crippen molar-refractivity contribution in [2.75, 3.05) is 45.2 Å². The van der Waals surface area contributed by atoms with E-state index in [9.17, 15) is 13.2 Å². The predicted octanol–water partition coefficient (Wildman–Crippen LogP) is 2.16. The van der Waals surface area contributed by atoms with E-state index < -0.39 is 9.84 Å². The van der Waals surface area contributed by atoms with Crippen LogP contribution >= 0.6 is 0 Å². The summed E-state index contributed by atoms with van der Waals surface area (Å²) in [4.78, 5) is 19.1. The molecular formula is C21H31N3O3S. The van der Waals surface area contributed by atoms with Crippen LogP contribution in [0.2, 0.25) is 0 Å². The molecule has 0 radical (unpaired) electrons. The van der Waals surface area contributed by atoms with Gasteiger partial charge < -0.3 is 9.80 Å². The van der Waals surface area contributed by atoms with Gasteiger partial charge in [-0.2, -0.15) is 0 Å². The van der Waals surface area contributed by atoms with E-state index in [4.69, 9.17) is 0 Å². The van der Waals surface area contributed by atoms with Crippen LogP contribution in [0, 0.1) is 18.8 Å². The zero-order valence-corrected chi connectivity index (χ0v) is 17.9. The molecule has 1 aromatic carbocycles. The summed E-state index contributed by atoms with van der Waals surface area (Å²) in [5.74, 6) is 1.49. The molecule has 0 aromatic heterocycles. The Morgan fingerprint density at radius 2 is 1.75 bits per heavy atom. The van der Waals surface area contributed by atoms with Crippen LogP contribution in [0.4, 0.5) is 4.79 Å². The number of likely N-dealkylation sites (tertiary alicyclic amines) is 2. The highest BCUT2D eigenvalue weighted by atomic mass is 32.2. The lowest BCUT2D eigenvalue weighted by Crippen LogP contribution is -2.44. The highest BCUT2D eigenvalue weighted by Gasteiger charge is 2.51. The molecule has 2 amide bonds. The Morgan fingerprint density at radius 3 is 2.39 bits per heavy atom. The molecule has 0 bridgehead atoms. The fraction of sp³-hybridized carbons (Fsp3) is 0.667. The molecule has 7 heteroatoms. The second kappa shape index (κ2) is 7.34. The van der Waals surface area contributed by atoms with E-state index in [1.54, 1.807) is 4.90 Å². The zero-order chi connectivity index (χ0) is 20.1. The van der Waals surface area contributed by atoms with Gasteiger partial charge in [0.2, 0.25) is 0 Å². The molecule has 1 aromatic rings. The SMILES string of the molecule is Cc1ccccc1[C@H]1[C@@H]2CN(C3CCS(=O)(=O)CC3)C[C@@H]2CN1C(=O)N(C)C. The van der Waals surface area contributed by atoms with Gasteiger partial charge in [-0.3, -0.25) is 4.90 Å². The van der Waals surface area contributed by atoms with Crippen molar-refractivity contribution < 1.29 is 13.2 Å². The third kappa shape index (κ3) is 3.54. The van der Waals surface area contributed by atoms with Crippen LogP contribution in [0.3, 0.4) is 0 Å². The molecule has 0 aliphatic carbocycles. The molecule has 0 spiro atoms. The summed E-state index contributed by atoms with van der Waals surface area (Å²) in [5.41, 5.74) is 2.48. The molecule has 6 nitrogen and oxygen atoms in total. The first-order chi connectivity index (χ1) is 13.3. The Kier molecular flexibility index (Phi) is 5.16. The van der Waals surface area contributed by atoms with Gasteiger partial charge in [0.15, 0.2) is 0 Å². The van der Waals surface area contributed by atoms with Crippen molar-refractivity contribution in [1.82, 2.24) is 14.7 Å². The Balaban J connectivity index is 1.57. The maximum Gasteiger partial charge on any atom is 0.320 e. The largest absolute Gasteiger partial charge is 0.331 e. The van der Waals surface area contributed by atoms with Gasteiger partial charge in [0.25, 0.3) is 0 Å². The number of fused-ring (bicyclic) bond motifs is 1. The van der Waals surface area contributed by atoms with E-state index in [-0.39, 0.29) is 12.1 Å². The Hall–Kier alpha value is -1.60. The monoisotopic (exact) mass is 405 g/mol. The number of urea groups is 1. The molecule has 3 aliphatic heterocycles. The molecule has 3 saturated heterocycles. The molecule has 0 N–H and O–H groups in total. The molecule has 3 heterocycles. The average Bonchev–Trinajstić information content (AvgIpc) is 3.19. The molecule has 3 atom stereocenters. The second-order valence-corrected chi connectivity index (χ2v) is 11.2. The van der Waals surface area contributed by atoms with E-state index in [1.807, 2.05) is 20.2 Å². The van der Waals surface area contributed by atoms with Crippen molar-refractivity contribution in [3.8, 4) is 0 Å². The minimum absolute atomic E-state index is 0.0814. The highest BCUT2D eigenvalue weighted by molar-refractivity contribution is 7.91. The quantitative estimate of drug-likeness (QED) is 0.757. The van der Waals surface area contributed by atoms with Crippen LogP contribution in [0.25, 0.3) is 0 Å². The minimum Gasteiger partial charge on any atom is -0.331 e. The fourth-order valence-electron chi connectivity index (χ4n) is 5.39. The molecule has 3 fully saturated rings. The van der Waals surface area contributed by atoms with Gasteiger partial charge in [0.05, 0.1) is 17.5 Å². The summed E-state index contributed by atoms with van der Waals surface area (Å²) in [5, 5.41) is 0. The molecule has 0 saturated carbocycles. The fourth-order valence-corrected chi connectivity index (χ4v) is 6.86. The lowest BCUT2D eigenvalue weighted by atomic mass is 9.87. The van der Waals surface area contributed by atoms with Crippen molar-refractivity contribution in [3.63, 3.8) is 0 Å². The third-order valence-corrected chi connectivity index (χ3v) is 8.58. The molecule has 0 unspecified atom stereocenters. The molecular weight excluding hydrogens is 374 g/mol. The predicted molar refractivity (Wildman–Crippen MR) is 110 cm³/mol. The number of carbonyl (C=O) groups is 1. The number of amides is 2. The number of hydrogen-bond acceptors (Lipinski definition) is 4. The van der Waals surface area contributed by atoms with Crippen molar-refractivity contribution in [3.05, 3.63) is 35.4 Å². The number of sulfone groups is 1. The van der Waals surface area contributed by atoms with Crippen molar-refractivity contribution in [1.29, 1.82) is 0 Å². The number of rotatable bonds is 2. The molecule has 154 valence electrons. The summed E-state index contributed by atoms with van der Waals surface area (Å²) in [6, 6.07) is 8.94. The maximum atomic E-state index is 12.9. The number of hydrogen-bond donors (Lipinski definition) is 0. The van der Waals surface area contributed by atoms with Crippen LogP contribution in [-0.4, -0.2) is 80.4 Å². The summed E-state index contributed by atoms with van der Waals surface area (Å²) < 4.78 is 23.6. The van der Waals surface area contributed by atoms with Crippen LogP contribution in [0.15, 0.2) is 24.3 Å². The van der Waals surface area contributed by atoms with Gasteiger partial charge in [0.1, 0.15) is 9.84 Å². The van der Waals surface area contributed by atoms with Crippen LogP contribution < -0.4 is 0 Å². The number of nitrogens with zero attached hydrogens (tertiary/aromatic N) is 3. The Bertz CT molecular complexity index is 840. The van der Waals surface area contributed by atoms with Crippen LogP contribution in [-0.2, 0) is 9.84 Å². The smallest absolute Gasteiger partial charge is 0.320 e. The lowest BCUT2D eigenvalue weighted by molar-refractivity contribution is 0.143. The van der Waals surface area contributed by atoms with Crippen LogP contribution in [0.1, 0.15) is 30.0 Å². The normalized spacial score (nSPS) is 30.4. The van der Waals surface area contributed by atoms with Gasteiger partial charge >= 0.3 is 6.03 Å². The third-order valence-electron chi connectivity index (χ3n) is 6.87. The standard InChI is InChI=1S/C21H31N3O3S/c1-15-6-4-5-7-18(15)20-19-14-23(17-8-10-28(26,27)11-9-17)12-16(19)13-24(20)21(25)22(2)3/h4-7,16-17,19-20H,8-14H2,1-3H3/t16-,19-,20+/m1/s1. The number of benzene rings is 1. The van der Waals surface area contributed by atoms with Crippen molar-refractivity contribution in [2.24, 2.45) is 11.8 Å². The topological polar surface area (TPSA) is 60.9 Å². The van der Waals surface area contributed by atoms with Gasteiger partial charge in [0, 0.05) is 45.7 Å². The molecule has 28 heavy (non-hydrogen) atoms. The van der Waals surface area contributed by atoms with Gasteiger partial charge in [-0.1, -0.05) is 24.3 Å². The lowest BCUT2D eigenvalue weighted by Gasteiger charge is -2.35. The number of carbonyl (C=O) groups excluding carboxylic acids is 1. The zero-order valence-electron chi connectivity index (χ0n) is 17.0. The summed E-state index contributed by atoms with van der Waals surface area (Å²) in [6.07, 6.45) is 1.49. The first-order valence-electron chi connectivity index (χ1n) is 10.2. The van der Waals surface area contributed by atoms with Gasteiger partial charge in [-0.15, -0.1) is 0 Å². The maximum absolute atomic E-state index is 12.9. The molecule has 3 aliphatic rings. The van der Waals surface area contributed by atoms with E-state index in [0.717, 1.165) is 32.5 Å². The first-order valence-corrected chi connectivity index (χ1v) is 12.1. The second-order valence-electron chi connectivity index (χ2n) is 8.89. The summed E-state index contributed by atoms with van der Waals surface area (Å²) in [6.45, 7) is 4.82. The summed E-state index contributed by atoms with van der Waals surface area (Å²) >= 11 is 0. The number of aryl methyl sites for hydroxylation is 1. The summed E-state index contributed by atoms with van der Waals surface area (Å²) in [7, 11) is 0.801. The highest BCUT2D eigenvalue weighted by Crippen LogP contribution is 2.47. The first kappa shape index (κ1) is 19.7. The van der Waals surface area contributed by atoms with Gasteiger partial charge in [-0.25, -0.2) is 13.2 Å². The van der Waals surface area contributed by atoms with E-state index in [1.165, 1.54) is 11.1 Å². The Morgan fingerprint density at radius 1 is 1.07 bits per heavy atom. The average molecular weight is 406 g/mol.